The van der Waals surface area contributed by atoms with E-state index in [-0.39, 0.29) is 6.04 Å². The van der Waals surface area contributed by atoms with Crippen molar-refractivity contribution in [2.75, 3.05) is 31.1 Å². The number of aliphatic hydroxyl groups is 1. The van der Waals surface area contributed by atoms with Gasteiger partial charge in [0.25, 0.3) is 5.85 Å². The van der Waals surface area contributed by atoms with Crippen molar-refractivity contribution in [2.45, 2.75) is 25.2 Å². The number of halogens is 3. The highest BCUT2D eigenvalue weighted by Gasteiger charge is 2.41. The SMILES string of the molecule is CC(c1ccc2nccnc2c1)N1CCN(c2ncc(C(O)(F)C(F)F)cn2)CC1. The molecule has 2 unspecified atom stereocenters. The molecule has 0 radical (unpaired) electrons. The molecule has 1 N–H and O–H groups in total. The van der Waals surface area contributed by atoms with E-state index < -0.39 is 17.8 Å². The lowest BCUT2D eigenvalue weighted by Gasteiger charge is -2.38. The van der Waals surface area contributed by atoms with Crippen LogP contribution in [0.2, 0.25) is 0 Å². The van der Waals surface area contributed by atoms with Crippen molar-refractivity contribution in [3.63, 3.8) is 0 Å². The van der Waals surface area contributed by atoms with E-state index in [9.17, 15) is 18.3 Å². The van der Waals surface area contributed by atoms with Gasteiger partial charge < -0.3 is 10.0 Å². The van der Waals surface area contributed by atoms with E-state index in [0.717, 1.165) is 42.1 Å². The number of hydrogen-bond donors (Lipinski definition) is 1. The molecule has 0 aliphatic carbocycles. The summed E-state index contributed by atoms with van der Waals surface area (Å²) >= 11 is 0. The number of aromatic nitrogens is 4. The lowest BCUT2D eigenvalue weighted by molar-refractivity contribution is -0.194. The second-order valence-electron chi connectivity index (χ2n) is 7.25. The van der Waals surface area contributed by atoms with Crippen LogP contribution in [0.15, 0.2) is 43.0 Å². The largest absolute Gasteiger partial charge is 0.354 e. The maximum atomic E-state index is 13.6. The van der Waals surface area contributed by atoms with Crippen LogP contribution in [0, 0.1) is 0 Å². The number of piperazine rings is 1. The van der Waals surface area contributed by atoms with Crippen molar-refractivity contribution in [1.82, 2.24) is 24.8 Å². The van der Waals surface area contributed by atoms with Crippen LogP contribution >= 0.6 is 0 Å². The first kappa shape index (κ1) is 20.4. The monoisotopic (exact) mass is 418 g/mol. The summed E-state index contributed by atoms with van der Waals surface area (Å²) in [5.41, 5.74) is 2.19. The Bertz CT molecular complexity index is 1010. The molecule has 3 aromatic rings. The van der Waals surface area contributed by atoms with Gasteiger partial charge in [0.2, 0.25) is 5.95 Å². The van der Waals surface area contributed by atoms with Crippen molar-refractivity contribution in [2.24, 2.45) is 0 Å². The van der Waals surface area contributed by atoms with Gasteiger partial charge in [-0.2, -0.15) is 0 Å². The number of hydrogen-bond acceptors (Lipinski definition) is 7. The molecule has 0 spiro atoms. The minimum atomic E-state index is -3.75. The second kappa shape index (κ2) is 8.11. The van der Waals surface area contributed by atoms with Crippen molar-refractivity contribution in [3.05, 3.63) is 54.1 Å². The molecule has 0 bridgehead atoms. The van der Waals surface area contributed by atoms with Gasteiger partial charge in [-0.3, -0.25) is 14.9 Å². The fourth-order valence-corrected chi connectivity index (χ4v) is 3.55. The third kappa shape index (κ3) is 3.92. The average molecular weight is 418 g/mol. The third-order valence-electron chi connectivity index (χ3n) is 5.45. The zero-order valence-corrected chi connectivity index (χ0v) is 16.3. The third-order valence-corrected chi connectivity index (χ3v) is 5.45. The molecule has 2 atom stereocenters. The Labute approximate surface area is 171 Å². The molecule has 1 saturated heterocycles. The zero-order chi connectivity index (χ0) is 21.3. The summed E-state index contributed by atoms with van der Waals surface area (Å²) < 4.78 is 38.8. The molecular weight excluding hydrogens is 397 g/mol. The van der Waals surface area contributed by atoms with Gasteiger partial charge in [0.05, 0.1) is 16.6 Å². The summed E-state index contributed by atoms with van der Waals surface area (Å²) in [6.07, 6.45) is 1.57. The molecule has 1 aliphatic heterocycles. The number of nitrogens with zero attached hydrogens (tertiary/aromatic N) is 6. The van der Waals surface area contributed by atoms with E-state index in [1.165, 1.54) is 0 Å². The summed E-state index contributed by atoms with van der Waals surface area (Å²) in [7, 11) is 0. The normalized spacial score (nSPS) is 18.5. The first-order valence-corrected chi connectivity index (χ1v) is 9.58. The minimum Gasteiger partial charge on any atom is -0.354 e. The number of fused-ring (bicyclic) bond motifs is 1. The maximum absolute atomic E-state index is 13.6. The molecule has 30 heavy (non-hydrogen) atoms. The van der Waals surface area contributed by atoms with Crippen LogP contribution in [0.1, 0.15) is 24.1 Å². The number of rotatable bonds is 5. The van der Waals surface area contributed by atoms with Crippen molar-refractivity contribution >= 4 is 17.0 Å². The van der Waals surface area contributed by atoms with Crippen LogP contribution in [-0.2, 0) is 5.85 Å². The number of anilines is 1. The maximum Gasteiger partial charge on any atom is 0.300 e. The zero-order valence-electron chi connectivity index (χ0n) is 16.3. The van der Waals surface area contributed by atoms with Gasteiger partial charge in [-0.25, -0.2) is 23.1 Å². The van der Waals surface area contributed by atoms with Crippen LogP contribution in [-0.4, -0.2) is 62.5 Å². The lowest BCUT2D eigenvalue weighted by Crippen LogP contribution is -2.47. The molecule has 3 heterocycles. The van der Waals surface area contributed by atoms with Crippen molar-refractivity contribution < 1.29 is 18.3 Å². The Morgan fingerprint density at radius 2 is 1.60 bits per heavy atom. The molecule has 7 nitrogen and oxygen atoms in total. The van der Waals surface area contributed by atoms with Crippen molar-refractivity contribution in [3.8, 4) is 0 Å². The molecule has 4 rings (SSSR count). The summed E-state index contributed by atoms with van der Waals surface area (Å²) in [4.78, 5) is 20.8. The fraction of sp³-hybridized carbons (Fsp3) is 0.400. The van der Waals surface area contributed by atoms with E-state index in [0.29, 0.717) is 19.0 Å². The predicted molar refractivity (Wildman–Crippen MR) is 105 cm³/mol. The molecule has 158 valence electrons. The average Bonchev–Trinajstić information content (AvgIpc) is 2.78. The Balaban J connectivity index is 1.40. The first-order chi connectivity index (χ1) is 14.4. The number of alkyl halides is 3. The topological polar surface area (TPSA) is 78.3 Å². The Morgan fingerprint density at radius 1 is 0.967 bits per heavy atom. The van der Waals surface area contributed by atoms with Gasteiger partial charge in [-0.1, -0.05) is 6.07 Å². The van der Waals surface area contributed by atoms with E-state index in [1.807, 2.05) is 17.0 Å². The van der Waals surface area contributed by atoms with Gasteiger partial charge in [0.15, 0.2) is 0 Å². The highest BCUT2D eigenvalue weighted by Crippen LogP contribution is 2.30. The van der Waals surface area contributed by atoms with Gasteiger partial charge in [0, 0.05) is 57.0 Å². The molecule has 0 saturated carbocycles. The Hall–Kier alpha value is -2.85. The fourth-order valence-electron chi connectivity index (χ4n) is 3.55. The minimum absolute atomic E-state index is 0.175. The van der Waals surface area contributed by atoms with E-state index in [2.05, 4.69) is 37.8 Å². The molecule has 1 aromatic carbocycles. The molecule has 10 heteroatoms. The van der Waals surface area contributed by atoms with Gasteiger partial charge >= 0.3 is 6.43 Å². The van der Waals surface area contributed by atoms with Gasteiger partial charge in [0.1, 0.15) is 0 Å². The summed E-state index contributed by atoms with van der Waals surface area (Å²) in [6, 6.07) is 6.24. The molecule has 1 aliphatic rings. The Morgan fingerprint density at radius 3 is 2.23 bits per heavy atom. The summed E-state index contributed by atoms with van der Waals surface area (Å²) in [5, 5.41) is 9.21. The summed E-state index contributed by atoms with van der Waals surface area (Å²) in [6.45, 7) is 4.88. The van der Waals surface area contributed by atoms with Crippen LogP contribution in [0.5, 0.6) is 0 Å². The van der Waals surface area contributed by atoms with E-state index in [4.69, 9.17) is 0 Å². The van der Waals surface area contributed by atoms with Gasteiger partial charge in [-0.15, -0.1) is 0 Å². The van der Waals surface area contributed by atoms with Crippen LogP contribution in [0.3, 0.4) is 0 Å². The quantitative estimate of drug-likeness (QED) is 0.683. The molecular formula is C20H21F3N6O. The van der Waals surface area contributed by atoms with Crippen LogP contribution in [0.4, 0.5) is 19.1 Å². The van der Waals surface area contributed by atoms with E-state index in [1.54, 1.807) is 12.4 Å². The smallest absolute Gasteiger partial charge is 0.300 e. The summed E-state index contributed by atoms with van der Waals surface area (Å²) in [5.74, 6) is -3.44. The highest BCUT2D eigenvalue weighted by atomic mass is 19.3. The standard InChI is InChI=1S/C20H21F3N6O/c1-13(14-2-3-16-17(10-14)25-5-4-24-16)28-6-8-29(9-7-28)19-26-11-15(12-27-19)20(23,30)18(21)22/h2-5,10-13,18,30H,6-9H2,1H3. The van der Waals surface area contributed by atoms with Crippen molar-refractivity contribution in [1.29, 1.82) is 0 Å². The molecule has 1 fully saturated rings. The van der Waals surface area contributed by atoms with Gasteiger partial charge in [-0.05, 0) is 24.6 Å². The highest BCUT2D eigenvalue weighted by molar-refractivity contribution is 5.74. The number of benzene rings is 1. The molecule has 2 aromatic heterocycles. The van der Waals surface area contributed by atoms with Crippen LogP contribution < -0.4 is 4.90 Å². The second-order valence-corrected chi connectivity index (χ2v) is 7.25. The molecule has 0 amide bonds. The predicted octanol–water partition coefficient (Wildman–Crippen LogP) is 2.68. The first-order valence-electron chi connectivity index (χ1n) is 9.58. The van der Waals surface area contributed by atoms with Crippen LogP contribution in [0.25, 0.3) is 11.0 Å². The lowest BCUT2D eigenvalue weighted by atomic mass is 10.1. The Kier molecular flexibility index (Phi) is 5.52. The van der Waals surface area contributed by atoms with E-state index >= 15 is 0 Å².